The molecule has 1 aromatic carbocycles. The van der Waals surface area contributed by atoms with Crippen molar-refractivity contribution in [1.29, 1.82) is 0 Å². The summed E-state index contributed by atoms with van der Waals surface area (Å²) in [5.41, 5.74) is 1.08. The number of carbonyl (C=O) groups excluding carboxylic acids is 1. The number of rotatable bonds is 3. The smallest absolute Gasteiger partial charge is 0.336 e. The Kier molecular flexibility index (Phi) is 4.06. The summed E-state index contributed by atoms with van der Waals surface area (Å²) in [5.74, 6) is 1.39. The summed E-state index contributed by atoms with van der Waals surface area (Å²) in [6, 6.07) is 8.67. The van der Waals surface area contributed by atoms with Gasteiger partial charge in [0.1, 0.15) is 17.1 Å². The first-order valence-corrected chi connectivity index (χ1v) is 9.57. The van der Waals surface area contributed by atoms with Gasteiger partial charge in [-0.25, -0.2) is 4.79 Å². The third kappa shape index (κ3) is 2.91. The topological polar surface area (TPSA) is 56.5 Å². The van der Waals surface area contributed by atoms with Crippen LogP contribution in [0.25, 0.3) is 11.0 Å². The molecule has 142 valence electrons. The van der Waals surface area contributed by atoms with Crippen LogP contribution in [0.2, 0.25) is 0 Å². The van der Waals surface area contributed by atoms with E-state index < -0.39 is 0 Å². The average molecular weight is 366 g/mol. The van der Waals surface area contributed by atoms with Crippen LogP contribution in [0.15, 0.2) is 51.2 Å². The molecule has 3 atom stereocenters. The minimum absolute atomic E-state index is 0.0158. The van der Waals surface area contributed by atoms with Crippen molar-refractivity contribution in [2.24, 2.45) is 22.7 Å². The SMILES string of the molecule is CC1=C[C@@H]2C(C)(C)CC(=O)[C@]2(C)[C@@H](COc2ccc3ccc(=O)oc3c2)C1. The number of benzene rings is 1. The molecule has 1 aromatic heterocycles. The lowest BCUT2D eigenvalue weighted by Gasteiger charge is -2.44. The van der Waals surface area contributed by atoms with Crippen molar-refractivity contribution in [1.82, 2.24) is 0 Å². The fraction of sp³-hybridized carbons (Fsp3) is 0.478. The summed E-state index contributed by atoms with van der Waals surface area (Å²) in [7, 11) is 0. The third-order valence-electron chi connectivity index (χ3n) is 6.62. The van der Waals surface area contributed by atoms with Gasteiger partial charge in [-0.2, -0.15) is 0 Å². The number of hydrogen-bond acceptors (Lipinski definition) is 4. The molecule has 1 fully saturated rings. The fourth-order valence-corrected chi connectivity index (χ4v) is 5.09. The number of hydrogen-bond donors (Lipinski definition) is 0. The molecule has 0 amide bonds. The quantitative estimate of drug-likeness (QED) is 0.580. The minimum atomic E-state index is -0.383. The second-order valence-corrected chi connectivity index (χ2v) is 9.03. The lowest BCUT2D eigenvalue weighted by molar-refractivity contribution is -0.130. The lowest BCUT2D eigenvalue weighted by Crippen LogP contribution is -2.44. The summed E-state index contributed by atoms with van der Waals surface area (Å²) in [5, 5.41) is 0.859. The Morgan fingerprint density at radius 2 is 1.89 bits per heavy atom. The largest absolute Gasteiger partial charge is 0.493 e. The van der Waals surface area contributed by atoms with E-state index in [0.29, 0.717) is 30.1 Å². The normalized spacial score (nSPS) is 29.5. The molecule has 2 aliphatic rings. The summed E-state index contributed by atoms with van der Waals surface area (Å²) in [6.07, 6.45) is 3.80. The third-order valence-corrected chi connectivity index (χ3v) is 6.62. The van der Waals surface area contributed by atoms with Crippen LogP contribution in [0.5, 0.6) is 5.75 Å². The van der Waals surface area contributed by atoms with E-state index in [2.05, 4.69) is 33.8 Å². The maximum absolute atomic E-state index is 13.0. The van der Waals surface area contributed by atoms with Gasteiger partial charge in [-0.1, -0.05) is 32.4 Å². The van der Waals surface area contributed by atoms with E-state index in [1.165, 1.54) is 11.6 Å². The molecule has 0 radical (unpaired) electrons. The highest BCUT2D eigenvalue weighted by atomic mass is 16.5. The van der Waals surface area contributed by atoms with E-state index in [1.807, 2.05) is 12.1 Å². The molecule has 0 bridgehead atoms. The molecule has 0 saturated heterocycles. The zero-order valence-electron chi connectivity index (χ0n) is 16.4. The Morgan fingerprint density at radius 3 is 2.67 bits per heavy atom. The van der Waals surface area contributed by atoms with Gasteiger partial charge in [-0.05, 0) is 42.9 Å². The van der Waals surface area contributed by atoms with E-state index in [-0.39, 0.29) is 28.3 Å². The van der Waals surface area contributed by atoms with E-state index in [9.17, 15) is 9.59 Å². The highest BCUT2D eigenvalue weighted by Crippen LogP contribution is 2.59. The number of Topliss-reactive ketones (excluding diaryl/α,β-unsaturated/α-hetero) is 1. The van der Waals surface area contributed by atoms with Crippen molar-refractivity contribution >= 4 is 16.8 Å². The van der Waals surface area contributed by atoms with Gasteiger partial charge in [0.15, 0.2) is 0 Å². The standard InChI is InChI=1S/C23H26O4/c1-14-9-16(23(4)19(10-14)22(2,3)12-20(23)24)13-26-17-7-5-15-6-8-21(25)27-18(15)11-17/h5-8,10-11,16,19H,9,12-13H2,1-4H3/t16-,19-,23-/m1/s1. The summed E-state index contributed by atoms with van der Waals surface area (Å²) in [6.45, 7) is 9.13. The van der Waals surface area contributed by atoms with Gasteiger partial charge in [-0.3, -0.25) is 4.79 Å². The molecule has 0 unspecified atom stereocenters. The van der Waals surface area contributed by atoms with Gasteiger partial charge in [0.05, 0.1) is 6.61 Å². The van der Waals surface area contributed by atoms with Crippen LogP contribution in [0, 0.1) is 22.7 Å². The number of ketones is 1. The van der Waals surface area contributed by atoms with Gasteiger partial charge >= 0.3 is 5.63 Å². The van der Waals surface area contributed by atoms with Crippen molar-refractivity contribution in [3.05, 3.63) is 52.4 Å². The highest BCUT2D eigenvalue weighted by molar-refractivity contribution is 5.89. The summed E-state index contributed by atoms with van der Waals surface area (Å²) < 4.78 is 11.3. The molecule has 0 spiro atoms. The molecule has 4 nitrogen and oxygen atoms in total. The molecule has 0 N–H and O–H groups in total. The van der Waals surface area contributed by atoms with Crippen molar-refractivity contribution in [2.75, 3.05) is 6.61 Å². The van der Waals surface area contributed by atoms with Crippen LogP contribution >= 0.6 is 0 Å². The van der Waals surface area contributed by atoms with Gasteiger partial charge in [0.25, 0.3) is 0 Å². The van der Waals surface area contributed by atoms with Crippen LogP contribution in [-0.4, -0.2) is 12.4 Å². The van der Waals surface area contributed by atoms with Crippen molar-refractivity contribution in [2.45, 2.75) is 40.5 Å². The van der Waals surface area contributed by atoms with Crippen molar-refractivity contribution in [3.63, 3.8) is 0 Å². The first kappa shape index (κ1) is 18.0. The Labute approximate surface area is 159 Å². The van der Waals surface area contributed by atoms with Crippen LogP contribution in [0.4, 0.5) is 0 Å². The number of allylic oxidation sites excluding steroid dienone is 2. The van der Waals surface area contributed by atoms with Gasteiger partial charge < -0.3 is 9.15 Å². The average Bonchev–Trinajstić information content (AvgIpc) is 2.78. The molecule has 0 aliphatic heterocycles. The predicted molar refractivity (Wildman–Crippen MR) is 105 cm³/mol. The fourth-order valence-electron chi connectivity index (χ4n) is 5.09. The first-order chi connectivity index (χ1) is 12.7. The first-order valence-electron chi connectivity index (χ1n) is 9.57. The van der Waals surface area contributed by atoms with Crippen molar-refractivity contribution in [3.8, 4) is 5.75 Å². The second kappa shape index (κ2) is 6.08. The Balaban J connectivity index is 1.60. The lowest BCUT2D eigenvalue weighted by atomic mass is 9.60. The number of fused-ring (bicyclic) bond motifs is 2. The number of carbonyl (C=O) groups is 1. The van der Waals surface area contributed by atoms with Crippen molar-refractivity contribution < 1.29 is 13.9 Å². The zero-order valence-corrected chi connectivity index (χ0v) is 16.4. The van der Waals surface area contributed by atoms with E-state index in [4.69, 9.17) is 9.15 Å². The molecule has 27 heavy (non-hydrogen) atoms. The maximum atomic E-state index is 13.0. The van der Waals surface area contributed by atoms with E-state index >= 15 is 0 Å². The van der Waals surface area contributed by atoms with Gasteiger partial charge in [-0.15, -0.1) is 0 Å². The van der Waals surface area contributed by atoms with Gasteiger partial charge in [0, 0.05) is 35.3 Å². The van der Waals surface area contributed by atoms with E-state index in [0.717, 1.165) is 11.8 Å². The number of ether oxygens (including phenoxy) is 1. The zero-order chi connectivity index (χ0) is 19.4. The predicted octanol–water partition coefficient (Wildman–Crippen LogP) is 4.76. The summed E-state index contributed by atoms with van der Waals surface area (Å²) >= 11 is 0. The van der Waals surface area contributed by atoms with Crippen LogP contribution in [0.3, 0.4) is 0 Å². The second-order valence-electron chi connectivity index (χ2n) is 9.03. The molecular weight excluding hydrogens is 340 g/mol. The highest BCUT2D eigenvalue weighted by Gasteiger charge is 2.59. The maximum Gasteiger partial charge on any atom is 0.336 e. The summed E-state index contributed by atoms with van der Waals surface area (Å²) in [4.78, 5) is 24.4. The molecule has 4 heteroatoms. The van der Waals surface area contributed by atoms with Gasteiger partial charge in [0.2, 0.25) is 0 Å². The molecule has 1 heterocycles. The Morgan fingerprint density at radius 1 is 1.15 bits per heavy atom. The molecular formula is C23H26O4. The molecule has 2 aromatic rings. The molecule has 4 rings (SSSR count). The Bertz CT molecular complexity index is 997. The minimum Gasteiger partial charge on any atom is -0.493 e. The van der Waals surface area contributed by atoms with Crippen LogP contribution in [0.1, 0.15) is 40.5 Å². The van der Waals surface area contributed by atoms with Crippen LogP contribution in [-0.2, 0) is 4.79 Å². The molecule has 1 saturated carbocycles. The van der Waals surface area contributed by atoms with Crippen LogP contribution < -0.4 is 10.4 Å². The molecule has 2 aliphatic carbocycles. The Hall–Kier alpha value is -2.36. The van der Waals surface area contributed by atoms with E-state index in [1.54, 1.807) is 12.1 Å². The monoisotopic (exact) mass is 366 g/mol.